The van der Waals surface area contributed by atoms with Gasteiger partial charge in [0.05, 0.1) is 0 Å². The van der Waals surface area contributed by atoms with Crippen LogP contribution in [0.1, 0.15) is 5.56 Å². The molecule has 1 aromatic carbocycles. The van der Waals surface area contributed by atoms with Gasteiger partial charge in [-0.3, -0.25) is 14.6 Å². The predicted octanol–water partition coefficient (Wildman–Crippen LogP) is 1.93. The van der Waals surface area contributed by atoms with Gasteiger partial charge in [-0.15, -0.1) is 0 Å². The molecule has 3 aromatic rings. The third-order valence-corrected chi connectivity index (χ3v) is 5.40. The van der Waals surface area contributed by atoms with Crippen molar-refractivity contribution in [3.05, 3.63) is 81.9 Å². The molecular formula is C22H23ClN6O2. The summed E-state index contributed by atoms with van der Waals surface area (Å²) in [6.07, 6.45) is 3.34. The minimum absolute atomic E-state index is 0.125. The van der Waals surface area contributed by atoms with Crippen LogP contribution in [0.3, 0.4) is 0 Å². The number of halogens is 1. The SMILES string of the molecule is O=C(Cn1nc(N2CCN(c3cccc(Cl)c3)CC2)ccc1=O)NCc1ccncc1. The first kappa shape index (κ1) is 20.9. The van der Waals surface area contributed by atoms with Crippen LogP contribution in [0, 0.1) is 0 Å². The molecule has 0 aliphatic carbocycles. The molecule has 0 spiro atoms. The van der Waals surface area contributed by atoms with Crippen LogP contribution in [-0.2, 0) is 17.9 Å². The molecule has 0 saturated carbocycles. The topological polar surface area (TPSA) is 83.4 Å². The zero-order chi connectivity index (χ0) is 21.6. The van der Waals surface area contributed by atoms with Crippen LogP contribution < -0.4 is 20.7 Å². The number of benzene rings is 1. The Hall–Kier alpha value is -3.39. The number of amides is 1. The first-order valence-electron chi connectivity index (χ1n) is 10.1. The molecule has 0 radical (unpaired) electrons. The van der Waals surface area contributed by atoms with Gasteiger partial charge < -0.3 is 15.1 Å². The van der Waals surface area contributed by atoms with Crippen molar-refractivity contribution >= 4 is 29.0 Å². The summed E-state index contributed by atoms with van der Waals surface area (Å²) in [7, 11) is 0. The van der Waals surface area contributed by atoms with Crippen molar-refractivity contribution < 1.29 is 4.79 Å². The van der Waals surface area contributed by atoms with E-state index in [1.54, 1.807) is 18.5 Å². The van der Waals surface area contributed by atoms with Crippen molar-refractivity contribution in [1.82, 2.24) is 20.1 Å². The third kappa shape index (κ3) is 5.40. The van der Waals surface area contributed by atoms with Gasteiger partial charge in [-0.25, -0.2) is 4.68 Å². The summed E-state index contributed by atoms with van der Waals surface area (Å²) in [5.74, 6) is 0.418. The van der Waals surface area contributed by atoms with Gasteiger partial charge in [-0.2, -0.15) is 5.10 Å². The van der Waals surface area contributed by atoms with Crippen molar-refractivity contribution in [3.63, 3.8) is 0 Å². The molecule has 0 atom stereocenters. The van der Waals surface area contributed by atoms with E-state index in [-0.39, 0.29) is 18.0 Å². The lowest BCUT2D eigenvalue weighted by Gasteiger charge is -2.36. The highest BCUT2D eigenvalue weighted by atomic mass is 35.5. The van der Waals surface area contributed by atoms with Crippen molar-refractivity contribution in [3.8, 4) is 0 Å². The maximum atomic E-state index is 12.3. The second-order valence-corrected chi connectivity index (χ2v) is 7.71. The van der Waals surface area contributed by atoms with E-state index in [4.69, 9.17) is 11.6 Å². The molecule has 1 amide bonds. The number of carbonyl (C=O) groups excluding carboxylic acids is 1. The Morgan fingerprint density at radius 2 is 1.74 bits per heavy atom. The van der Waals surface area contributed by atoms with Gasteiger partial charge in [-0.1, -0.05) is 17.7 Å². The van der Waals surface area contributed by atoms with E-state index in [0.29, 0.717) is 12.4 Å². The second-order valence-electron chi connectivity index (χ2n) is 7.27. The zero-order valence-corrected chi connectivity index (χ0v) is 17.7. The normalized spacial score (nSPS) is 13.8. The van der Waals surface area contributed by atoms with E-state index in [1.165, 1.54) is 10.7 Å². The molecule has 1 fully saturated rings. The Morgan fingerprint density at radius 1 is 1.00 bits per heavy atom. The van der Waals surface area contributed by atoms with Crippen LogP contribution in [0.2, 0.25) is 5.02 Å². The standard InChI is InChI=1S/C22H23ClN6O2/c23-18-2-1-3-19(14-18)27-10-12-28(13-11-27)20-4-5-22(31)29(26-20)16-21(30)25-15-17-6-8-24-9-7-17/h1-9,14H,10-13,15-16H2,(H,25,30). The van der Waals surface area contributed by atoms with Gasteiger partial charge in [-0.05, 0) is 42.0 Å². The molecule has 1 aliphatic heterocycles. The van der Waals surface area contributed by atoms with E-state index in [9.17, 15) is 9.59 Å². The number of nitrogens with one attached hydrogen (secondary N) is 1. The number of aromatic nitrogens is 3. The smallest absolute Gasteiger partial charge is 0.267 e. The van der Waals surface area contributed by atoms with Gasteiger partial charge >= 0.3 is 0 Å². The minimum Gasteiger partial charge on any atom is -0.368 e. The molecule has 9 heteroatoms. The minimum atomic E-state index is -0.305. The van der Waals surface area contributed by atoms with E-state index < -0.39 is 0 Å². The number of carbonyl (C=O) groups is 1. The molecule has 0 bridgehead atoms. The number of pyridine rings is 1. The van der Waals surface area contributed by atoms with Crippen molar-refractivity contribution in [1.29, 1.82) is 0 Å². The Labute approximate surface area is 185 Å². The molecule has 31 heavy (non-hydrogen) atoms. The highest BCUT2D eigenvalue weighted by Crippen LogP contribution is 2.22. The van der Waals surface area contributed by atoms with Crippen LogP contribution >= 0.6 is 11.6 Å². The zero-order valence-electron chi connectivity index (χ0n) is 16.9. The molecule has 160 valence electrons. The van der Waals surface area contributed by atoms with Gasteiger partial charge in [0.25, 0.3) is 5.56 Å². The average molecular weight is 439 g/mol. The summed E-state index contributed by atoms with van der Waals surface area (Å²) in [5.41, 5.74) is 1.73. The maximum absolute atomic E-state index is 12.3. The maximum Gasteiger partial charge on any atom is 0.267 e. The fourth-order valence-corrected chi connectivity index (χ4v) is 3.66. The lowest BCUT2D eigenvalue weighted by Crippen LogP contribution is -2.47. The van der Waals surface area contributed by atoms with Gasteiger partial charge in [0.15, 0.2) is 0 Å². The van der Waals surface area contributed by atoms with Gasteiger partial charge in [0.1, 0.15) is 12.4 Å². The Morgan fingerprint density at radius 3 is 2.48 bits per heavy atom. The van der Waals surface area contributed by atoms with Gasteiger partial charge in [0.2, 0.25) is 5.91 Å². The number of anilines is 2. The number of hydrogen-bond donors (Lipinski definition) is 1. The highest BCUT2D eigenvalue weighted by Gasteiger charge is 2.19. The molecule has 1 saturated heterocycles. The average Bonchev–Trinajstić information content (AvgIpc) is 2.80. The van der Waals surface area contributed by atoms with Crippen molar-refractivity contribution in [2.24, 2.45) is 0 Å². The van der Waals surface area contributed by atoms with Crippen LogP contribution in [0.5, 0.6) is 0 Å². The van der Waals surface area contributed by atoms with E-state index in [2.05, 4.69) is 25.2 Å². The molecule has 1 aliphatic rings. The summed E-state index contributed by atoms with van der Waals surface area (Å²) >= 11 is 6.10. The Balaban J connectivity index is 1.36. The summed E-state index contributed by atoms with van der Waals surface area (Å²) in [6.45, 7) is 3.39. The Bertz CT molecular complexity index is 1100. The van der Waals surface area contributed by atoms with E-state index in [1.807, 2.05) is 36.4 Å². The largest absolute Gasteiger partial charge is 0.368 e. The first-order chi connectivity index (χ1) is 15.1. The summed E-state index contributed by atoms with van der Waals surface area (Å²) in [5, 5.41) is 7.95. The van der Waals surface area contributed by atoms with Gasteiger partial charge in [0, 0.05) is 61.9 Å². The second kappa shape index (κ2) is 9.61. The number of piperazine rings is 1. The summed E-state index contributed by atoms with van der Waals surface area (Å²) < 4.78 is 1.21. The van der Waals surface area contributed by atoms with Crippen LogP contribution in [-0.4, -0.2) is 46.9 Å². The summed E-state index contributed by atoms with van der Waals surface area (Å²) in [6, 6.07) is 14.6. The molecule has 2 aromatic heterocycles. The predicted molar refractivity (Wildman–Crippen MR) is 120 cm³/mol. The molecule has 1 N–H and O–H groups in total. The third-order valence-electron chi connectivity index (χ3n) is 5.16. The number of nitrogens with zero attached hydrogens (tertiary/aromatic N) is 5. The van der Waals surface area contributed by atoms with Crippen LogP contribution in [0.25, 0.3) is 0 Å². The van der Waals surface area contributed by atoms with Crippen LogP contribution in [0.4, 0.5) is 11.5 Å². The fraction of sp³-hybridized carbons (Fsp3) is 0.273. The quantitative estimate of drug-likeness (QED) is 0.633. The lowest BCUT2D eigenvalue weighted by atomic mass is 10.2. The van der Waals surface area contributed by atoms with Crippen LogP contribution in [0.15, 0.2) is 65.7 Å². The Kier molecular flexibility index (Phi) is 6.47. The molecule has 4 rings (SSSR count). The van der Waals surface area contributed by atoms with Crippen molar-refractivity contribution in [2.45, 2.75) is 13.1 Å². The van der Waals surface area contributed by atoms with E-state index in [0.717, 1.165) is 42.5 Å². The molecule has 0 unspecified atom stereocenters. The number of hydrogen-bond acceptors (Lipinski definition) is 6. The first-order valence-corrected chi connectivity index (χ1v) is 10.5. The lowest BCUT2D eigenvalue weighted by molar-refractivity contribution is -0.122. The fourth-order valence-electron chi connectivity index (χ4n) is 3.48. The molecule has 3 heterocycles. The number of rotatable bonds is 6. The molecular weight excluding hydrogens is 416 g/mol. The summed E-state index contributed by atoms with van der Waals surface area (Å²) in [4.78, 5) is 32.8. The highest BCUT2D eigenvalue weighted by molar-refractivity contribution is 6.30. The monoisotopic (exact) mass is 438 g/mol. The van der Waals surface area contributed by atoms with Crippen molar-refractivity contribution in [2.75, 3.05) is 36.0 Å². The van der Waals surface area contributed by atoms with E-state index >= 15 is 0 Å². The molecule has 8 nitrogen and oxygen atoms in total.